The van der Waals surface area contributed by atoms with Gasteiger partial charge in [-0.05, 0) is 25.8 Å². The molecule has 0 spiro atoms. The molecule has 0 saturated carbocycles. The van der Waals surface area contributed by atoms with E-state index in [-0.39, 0.29) is 0 Å². The van der Waals surface area contributed by atoms with E-state index < -0.39 is 0 Å². The van der Waals surface area contributed by atoms with Gasteiger partial charge in [0.1, 0.15) is 5.82 Å². The van der Waals surface area contributed by atoms with Crippen LogP contribution in [0.1, 0.15) is 38.6 Å². The van der Waals surface area contributed by atoms with Crippen molar-refractivity contribution in [2.75, 3.05) is 7.05 Å². The molecule has 1 rings (SSSR count). The number of imidazole rings is 1. The van der Waals surface area contributed by atoms with Crippen LogP contribution in [0.4, 0.5) is 0 Å². The van der Waals surface area contributed by atoms with E-state index in [0.717, 1.165) is 18.2 Å². The van der Waals surface area contributed by atoms with Crippen molar-refractivity contribution in [2.45, 2.75) is 32.7 Å². The van der Waals surface area contributed by atoms with Gasteiger partial charge in [0.25, 0.3) is 0 Å². The van der Waals surface area contributed by atoms with Gasteiger partial charge in [0.05, 0.1) is 6.04 Å². The van der Waals surface area contributed by atoms with Crippen LogP contribution in [0.15, 0.2) is 12.4 Å². The fourth-order valence-electron chi connectivity index (χ4n) is 1.62. The number of hydrogen-bond acceptors (Lipinski definition) is 2. The molecule has 0 bridgehead atoms. The smallest absolute Gasteiger partial charge is 0.125 e. The van der Waals surface area contributed by atoms with E-state index >= 15 is 0 Å². The molecule has 80 valence electrons. The Labute approximate surface area is 86.5 Å². The molecule has 1 aromatic rings. The Morgan fingerprint density at radius 1 is 1.43 bits per heavy atom. The molecule has 0 aliphatic rings. The maximum Gasteiger partial charge on any atom is 0.125 e. The topological polar surface area (TPSA) is 29.9 Å². The third-order valence-corrected chi connectivity index (χ3v) is 2.55. The minimum Gasteiger partial charge on any atom is -0.337 e. The Hall–Kier alpha value is -0.830. The van der Waals surface area contributed by atoms with Crippen molar-refractivity contribution in [2.24, 2.45) is 13.0 Å². The molecule has 0 saturated heterocycles. The summed E-state index contributed by atoms with van der Waals surface area (Å²) in [6, 6.07) is 0.386. The average molecular weight is 195 g/mol. The van der Waals surface area contributed by atoms with Crippen LogP contribution in [-0.4, -0.2) is 16.6 Å². The molecule has 1 heterocycles. The lowest BCUT2D eigenvalue weighted by Gasteiger charge is -2.16. The van der Waals surface area contributed by atoms with E-state index in [0.29, 0.717) is 6.04 Å². The normalized spacial score (nSPS) is 13.5. The van der Waals surface area contributed by atoms with Crippen LogP contribution in [0, 0.1) is 5.92 Å². The maximum atomic E-state index is 4.37. The van der Waals surface area contributed by atoms with Crippen LogP contribution in [0.3, 0.4) is 0 Å². The van der Waals surface area contributed by atoms with Crippen LogP contribution in [0.5, 0.6) is 0 Å². The van der Waals surface area contributed by atoms with E-state index in [1.807, 2.05) is 26.5 Å². The highest BCUT2D eigenvalue weighted by atomic mass is 15.1. The van der Waals surface area contributed by atoms with Gasteiger partial charge in [-0.1, -0.05) is 13.8 Å². The molecule has 3 nitrogen and oxygen atoms in total. The summed E-state index contributed by atoms with van der Waals surface area (Å²) in [4.78, 5) is 4.37. The Kier molecular flexibility index (Phi) is 4.14. The Balaban J connectivity index is 2.58. The van der Waals surface area contributed by atoms with Gasteiger partial charge in [-0.3, -0.25) is 0 Å². The van der Waals surface area contributed by atoms with E-state index in [1.165, 1.54) is 6.42 Å². The highest BCUT2D eigenvalue weighted by Crippen LogP contribution is 2.18. The molecule has 0 amide bonds. The molecule has 1 atom stereocenters. The van der Waals surface area contributed by atoms with Crippen molar-refractivity contribution in [1.29, 1.82) is 0 Å². The van der Waals surface area contributed by atoms with Gasteiger partial charge in [-0.2, -0.15) is 0 Å². The lowest BCUT2D eigenvalue weighted by atomic mass is 10.0. The fourth-order valence-corrected chi connectivity index (χ4v) is 1.62. The number of nitrogens with one attached hydrogen (secondary N) is 1. The standard InChI is InChI=1S/C11H21N3/c1-9(2)5-6-10(12-3)11-13-7-8-14(11)4/h7-10,12H,5-6H2,1-4H3. The molecule has 0 aromatic carbocycles. The quantitative estimate of drug-likeness (QED) is 0.780. The molecule has 1 aromatic heterocycles. The molecule has 3 heteroatoms. The van der Waals surface area contributed by atoms with Crippen molar-refractivity contribution < 1.29 is 0 Å². The number of nitrogens with zero attached hydrogens (tertiary/aromatic N) is 2. The van der Waals surface area contributed by atoms with Gasteiger partial charge in [0, 0.05) is 19.4 Å². The van der Waals surface area contributed by atoms with Crippen LogP contribution in [-0.2, 0) is 7.05 Å². The van der Waals surface area contributed by atoms with Crippen molar-refractivity contribution in [3.63, 3.8) is 0 Å². The summed E-state index contributed by atoms with van der Waals surface area (Å²) in [5.74, 6) is 1.89. The van der Waals surface area contributed by atoms with Crippen LogP contribution in [0.25, 0.3) is 0 Å². The summed E-state index contributed by atoms with van der Waals surface area (Å²) >= 11 is 0. The number of aryl methyl sites for hydroxylation is 1. The minimum atomic E-state index is 0.386. The minimum absolute atomic E-state index is 0.386. The molecule has 0 aliphatic heterocycles. The van der Waals surface area contributed by atoms with Gasteiger partial charge in [-0.15, -0.1) is 0 Å². The summed E-state index contributed by atoms with van der Waals surface area (Å²) < 4.78 is 2.08. The first kappa shape index (κ1) is 11.2. The zero-order valence-electron chi connectivity index (χ0n) is 9.62. The predicted molar refractivity (Wildman–Crippen MR) is 59.1 cm³/mol. The molecule has 0 fully saturated rings. The van der Waals surface area contributed by atoms with Crippen LogP contribution >= 0.6 is 0 Å². The van der Waals surface area contributed by atoms with E-state index in [1.54, 1.807) is 0 Å². The molecular formula is C11H21N3. The summed E-state index contributed by atoms with van der Waals surface area (Å²) in [5, 5.41) is 3.32. The first-order chi connectivity index (χ1) is 6.65. The Bertz CT molecular complexity index is 265. The number of aromatic nitrogens is 2. The number of rotatable bonds is 5. The average Bonchev–Trinajstić information content (AvgIpc) is 2.53. The maximum absolute atomic E-state index is 4.37. The largest absolute Gasteiger partial charge is 0.337 e. The number of hydrogen-bond donors (Lipinski definition) is 1. The molecule has 1 unspecified atom stereocenters. The lowest BCUT2D eigenvalue weighted by Crippen LogP contribution is -2.20. The summed E-state index contributed by atoms with van der Waals surface area (Å²) in [6.07, 6.45) is 6.24. The first-order valence-corrected chi connectivity index (χ1v) is 5.29. The molecule has 14 heavy (non-hydrogen) atoms. The highest BCUT2D eigenvalue weighted by molar-refractivity contribution is 4.98. The van der Waals surface area contributed by atoms with Gasteiger partial charge < -0.3 is 9.88 Å². The van der Waals surface area contributed by atoms with Gasteiger partial charge in [0.15, 0.2) is 0 Å². The van der Waals surface area contributed by atoms with Crippen molar-refractivity contribution in [3.05, 3.63) is 18.2 Å². The third-order valence-electron chi connectivity index (χ3n) is 2.55. The summed E-state index contributed by atoms with van der Waals surface area (Å²) in [6.45, 7) is 4.51. The molecule has 0 radical (unpaired) electrons. The highest BCUT2D eigenvalue weighted by Gasteiger charge is 2.13. The van der Waals surface area contributed by atoms with Gasteiger partial charge >= 0.3 is 0 Å². The zero-order valence-corrected chi connectivity index (χ0v) is 9.62. The van der Waals surface area contributed by atoms with E-state index in [9.17, 15) is 0 Å². The fraction of sp³-hybridized carbons (Fsp3) is 0.727. The molecule has 0 aliphatic carbocycles. The predicted octanol–water partition coefficient (Wildman–Crippen LogP) is 2.12. The summed E-state index contributed by atoms with van der Waals surface area (Å²) in [7, 11) is 4.04. The van der Waals surface area contributed by atoms with Crippen molar-refractivity contribution in [1.82, 2.24) is 14.9 Å². The monoisotopic (exact) mass is 195 g/mol. The van der Waals surface area contributed by atoms with E-state index in [2.05, 4.69) is 28.7 Å². The van der Waals surface area contributed by atoms with E-state index in [4.69, 9.17) is 0 Å². The third kappa shape index (κ3) is 2.84. The lowest BCUT2D eigenvalue weighted by molar-refractivity contribution is 0.442. The summed E-state index contributed by atoms with van der Waals surface area (Å²) in [5.41, 5.74) is 0. The van der Waals surface area contributed by atoms with Gasteiger partial charge in [-0.25, -0.2) is 4.98 Å². The Morgan fingerprint density at radius 3 is 2.57 bits per heavy atom. The van der Waals surface area contributed by atoms with Crippen molar-refractivity contribution in [3.8, 4) is 0 Å². The van der Waals surface area contributed by atoms with Crippen LogP contribution < -0.4 is 5.32 Å². The van der Waals surface area contributed by atoms with Crippen molar-refractivity contribution >= 4 is 0 Å². The molecule has 1 N–H and O–H groups in total. The second-order valence-electron chi connectivity index (χ2n) is 4.21. The van der Waals surface area contributed by atoms with Gasteiger partial charge in [0.2, 0.25) is 0 Å². The zero-order chi connectivity index (χ0) is 10.6. The second-order valence-corrected chi connectivity index (χ2v) is 4.21. The molecular weight excluding hydrogens is 174 g/mol. The Morgan fingerprint density at radius 2 is 2.14 bits per heavy atom. The first-order valence-electron chi connectivity index (χ1n) is 5.29. The second kappa shape index (κ2) is 5.15. The SMILES string of the molecule is CNC(CCC(C)C)c1nccn1C. The van der Waals surface area contributed by atoms with Crippen LogP contribution in [0.2, 0.25) is 0 Å².